The number of piperidine rings is 1. The van der Waals surface area contributed by atoms with Crippen LogP contribution in [-0.2, 0) is 13.0 Å². The first-order valence-electron chi connectivity index (χ1n) is 10.6. The van der Waals surface area contributed by atoms with Crippen LogP contribution in [0.25, 0.3) is 20.7 Å². The van der Waals surface area contributed by atoms with Crippen molar-refractivity contribution in [2.24, 2.45) is 0 Å². The number of thiophene rings is 1. The number of hydrogen-bond donors (Lipinski definition) is 1. The zero-order chi connectivity index (χ0) is 21.4. The van der Waals surface area contributed by atoms with Crippen LogP contribution in [-0.4, -0.2) is 27.2 Å². The molecule has 160 valence electrons. The molecule has 1 fully saturated rings. The Bertz CT molecular complexity index is 1330. The van der Waals surface area contributed by atoms with E-state index in [-0.39, 0.29) is 23.8 Å². The number of nitrogens with one attached hydrogen (secondary N) is 1. The summed E-state index contributed by atoms with van der Waals surface area (Å²) < 4.78 is 9.52. The lowest BCUT2D eigenvalue weighted by Crippen LogP contribution is -2.44. The molecule has 0 bridgehead atoms. The third kappa shape index (κ3) is 3.66. The molecule has 4 aromatic rings. The van der Waals surface area contributed by atoms with Crippen molar-refractivity contribution in [1.29, 1.82) is 0 Å². The molecule has 0 amide bonds. The second-order valence-electron chi connectivity index (χ2n) is 7.79. The van der Waals surface area contributed by atoms with Gasteiger partial charge in [0.25, 0.3) is 5.56 Å². The van der Waals surface area contributed by atoms with E-state index >= 15 is 0 Å². The van der Waals surface area contributed by atoms with Crippen LogP contribution in [0.3, 0.4) is 0 Å². The number of rotatable bonds is 5. The molecule has 0 radical (unpaired) electrons. The average molecular weight is 437 g/mol. The van der Waals surface area contributed by atoms with Gasteiger partial charge in [0.05, 0.1) is 18.3 Å². The summed E-state index contributed by atoms with van der Waals surface area (Å²) in [4.78, 5) is 32.3. The first kappa shape index (κ1) is 20.0. The Morgan fingerprint density at radius 1 is 1.19 bits per heavy atom. The molecule has 0 atom stereocenters. The molecule has 0 spiro atoms. The summed E-state index contributed by atoms with van der Waals surface area (Å²) >= 11 is 1.44. The zero-order valence-electron chi connectivity index (χ0n) is 17.3. The number of nitrogens with zero attached hydrogens (tertiary/aromatic N) is 3. The van der Waals surface area contributed by atoms with Gasteiger partial charge >= 0.3 is 5.69 Å². The van der Waals surface area contributed by atoms with Crippen molar-refractivity contribution in [3.05, 3.63) is 75.1 Å². The highest BCUT2D eigenvalue weighted by molar-refractivity contribution is 7.22. The van der Waals surface area contributed by atoms with E-state index < -0.39 is 0 Å². The van der Waals surface area contributed by atoms with E-state index in [0.717, 1.165) is 36.4 Å². The predicted octanol–water partition coefficient (Wildman–Crippen LogP) is 3.41. The molecule has 1 saturated heterocycles. The lowest BCUT2D eigenvalue weighted by Gasteiger charge is -2.24. The standard InChI is InChI=1S/C23H24N4O3S/c1-2-20-25-13-17(30-20)14-26-18-12-19(15-6-4-3-5-7-15)31-21(18)22(28)27(23(26)29)16-8-10-24-11-9-16/h3-7,12-13,16,24H,2,8-11,14H2,1H3. The molecule has 1 aliphatic heterocycles. The summed E-state index contributed by atoms with van der Waals surface area (Å²) in [6.07, 6.45) is 3.89. The van der Waals surface area contributed by atoms with Crippen LogP contribution in [0, 0.1) is 0 Å². The summed E-state index contributed by atoms with van der Waals surface area (Å²) in [5.41, 5.74) is 1.21. The number of aryl methyl sites for hydroxylation is 1. The summed E-state index contributed by atoms with van der Waals surface area (Å²) in [5, 5.41) is 3.30. The minimum Gasteiger partial charge on any atom is -0.444 e. The first-order valence-corrected chi connectivity index (χ1v) is 11.5. The molecule has 0 saturated carbocycles. The molecule has 7 nitrogen and oxygen atoms in total. The predicted molar refractivity (Wildman–Crippen MR) is 122 cm³/mol. The van der Waals surface area contributed by atoms with Gasteiger partial charge in [0.1, 0.15) is 10.5 Å². The van der Waals surface area contributed by atoms with Crippen molar-refractivity contribution in [3.63, 3.8) is 0 Å². The maximum Gasteiger partial charge on any atom is 0.332 e. The van der Waals surface area contributed by atoms with Crippen molar-refractivity contribution < 1.29 is 4.42 Å². The lowest BCUT2D eigenvalue weighted by molar-refractivity contribution is 0.344. The number of hydrogen-bond acceptors (Lipinski definition) is 6. The number of oxazole rings is 1. The van der Waals surface area contributed by atoms with Gasteiger partial charge in [0.2, 0.25) is 0 Å². The van der Waals surface area contributed by atoms with E-state index in [1.807, 2.05) is 43.3 Å². The van der Waals surface area contributed by atoms with Gasteiger partial charge in [-0.3, -0.25) is 13.9 Å². The van der Waals surface area contributed by atoms with E-state index in [1.54, 1.807) is 10.8 Å². The fourth-order valence-electron chi connectivity index (χ4n) is 4.19. The Balaban J connectivity index is 1.72. The summed E-state index contributed by atoms with van der Waals surface area (Å²) in [7, 11) is 0. The molecule has 31 heavy (non-hydrogen) atoms. The maximum absolute atomic E-state index is 13.6. The van der Waals surface area contributed by atoms with Crippen LogP contribution in [0.4, 0.5) is 0 Å². The molecular formula is C23H24N4O3S. The van der Waals surface area contributed by atoms with Gasteiger partial charge in [-0.1, -0.05) is 37.3 Å². The Morgan fingerprint density at radius 2 is 1.97 bits per heavy atom. The fourth-order valence-corrected chi connectivity index (χ4v) is 5.29. The Kier molecular flexibility index (Phi) is 5.33. The minimum absolute atomic E-state index is 0.0971. The largest absolute Gasteiger partial charge is 0.444 e. The summed E-state index contributed by atoms with van der Waals surface area (Å²) in [6.45, 7) is 3.83. The Labute approximate surface area is 183 Å². The number of fused-ring (bicyclic) bond motifs is 1. The Morgan fingerprint density at radius 3 is 2.68 bits per heavy atom. The van der Waals surface area contributed by atoms with Gasteiger partial charge in [-0.05, 0) is 37.6 Å². The van der Waals surface area contributed by atoms with Crippen LogP contribution in [0.15, 0.2) is 56.6 Å². The molecule has 8 heteroatoms. The second-order valence-corrected chi connectivity index (χ2v) is 8.84. The molecular weight excluding hydrogens is 412 g/mol. The highest BCUT2D eigenvalue weighted by Crippen LogP contribution is 2.32. The first-order chi connectivity index (χ1) is 15.2. The lowest BCUT2D eigenvalue weighted by atomic mass is 10.1. The third-order valence-corrected chi connectivity index (χ3v) is 6.96. The molecule has 1 aromatic carbocycles. The number of aromatic nitrogens is 3. The molecule has 1 aliphatic rings. The maximum atomic E-state index is 13.6. The van der Waals surface area contributed by atoms with Crippen molar-refractivity contribution in [2.45, 2.75) is 38.8 Å². The Hall–Kier alpha value is -2.97. The normalized spacial score (nSPS) is 15.0. The highest BCUT2D eigenvalue weighted by Gasteiger charge is 2.24. The van der Waals surface area contributed by atoms with Crippen molar-refractivity contribution in [3.8, 4) is 10.4 Å². The van der Waals surface area contributed by atoms with Gasteiger partial charge in [-0.15, -0.1) is 11.3 Å². The fraction of sp³-hybridized carbons (Fsp3) is 0.348. The average Bonchev–Trinajstić information content (AvgIpc) is 3.45. The summed E-state index contributed by atoms with van der Waals surface area (Å²) in [6, 6.07) is 11.8. The van der Waals surface area contributed by atoms with E-state index in [4.69, 9.17) is 4.42 Å². The monoisotopic (exact) mass is 436 g/mol. The molecule has 0 unspecified atom stereocenters. The second kappa shape index (κ2) is 8.28. The van der Waals surface area contributed by atoms with E-state index in [0.29, 0.717) is 28.3 Å². The topological polar surface area (TPSA) is 82.1 Å². The van der Waals surface area contributed by atoms with Crippen molar-refractivity contribution in [1.82, 2.24) is 19.4 Å². The quantitative estimate of drug-likeness (QED) is 0.518. The minimum atomic E-state index is -0.281. The van der Waals surface area contributed by atoms with Crippen molar-refractivity contribution >= 4 is 21.6 Å². The van der Waals surface area contributed by atoms with Gasteiger partial charge < -0.3 is 9.73 Å². The van der Waals surface area contributed by atoms with Gasteiger partial charge in [-0.2, -0.15) is 0 Å². The summed E-state index contributed by atoms with van der Waals surface area (Å²) in [5.74, 6) is 1.25. The van der Waals surface area contributed by atoms with Gasteiger partial charge in [0.15, 0.2) is 5.89 Å². The van der Waals surface area contributed by atoms with Crippen LogP contribution in [0.1, 0.15) is 37.5 Å². The zero-order valence-corrected chi connectivity index (χ0v) is 18.2. The van der Waals surface area contributed by atoms with E-state index in [9.17, 15) is 9.59 Å². The van der Waals surface area contributed by atoms with Gasteiger partial charge in [-0.25, -0.2) is 9.78 Å². The molecule has 0 aliphatic carbocycles. The smallest absolute Gasteiger partial charge is 0.332 e. The highest BCUT2D eigenvalue weighted by atomic mass is 32.1. The SMILES string of the molecule is CCc1ncc(Cn2c(=O)n(C3CCNCC3)c(=O)c3sc(-c4ccccc4)cc32)o1. The van der Waals surface area contributed by atoms with E-state index in [2.05, 4.69) is 10.3 Å². The number of benzene rings is 1. The van der Waals surface area contributed by atoms with Crippen LogP contribution < -0.4 is 16.6 Å². The van der Waals surface area contributed by atoms with Crippen LogP contribution in [0.5, 0.6) is 0 Å². The molecule has 3 aromatic heterocycles. The third-order valence-electron chi connectivity index (χ3n) is 5.80. The van der Waals surface area contributed by atoms with Gasteiger partial charge in [0, 0.05) is 17.3 Å². The van der Waals surface area contributed by atoms with Crippen molar-refractivity contribution in [2.75, 3.05) is 13.1 Å². The molecule has 1 N–H and O–H groups in total. The van der Waals surface area contributed by atoms with Crippen LogP contribution in [0.2, 0.25) is 0 Å². The van der Waals surface area contributed by atoms with Crippen LogP contribution >= 0.6 is 11.3 Å². The molecule has 4 heterocycles. The molecule has 5 rings (SSSR count). The van der Waals surface area contributed by atoms with E-state index in [1.165, 1.54) is 15.9 Å².